The molecule has 0 aliphatic rings. The molecule has 0 aliphatic carbocycles. The Balaban J connectivity index is 2.21. The van der Waals surface area contributed by atoms with Crippen LogP contribution in [-0.4, -0.2) is 23.1 Å². The Bertz CT molecular complexity index is 490. The summed E-state index contributed by atoms with van der Waals surface area (Å²) < 4.78 is 5.68. The van der Waals surface area contributed by atoms with Crippen molar-refractivity contribution in [3.8, 4) is 0 Å². The molecule has 0 saturated heterocycles. The van der Waals surface area contributed by atoms with E-state index in [-0.39, 0.29) is 0 Å². The first-order valence-corrected chi connectivity index (χ1v) is 6.00. The molecule has 2 aromatic rings. The number of fused-ring (bicyclic) bond motifs is 1. The van der Waals surface area contributed by atoms with Crippen LogP contribution in [0.15, 0.2) is 28.7 Å². The van der Waals surface area contributed by atoms with Crippen LogP contribution in [0.5, 0.6) is 0 Å². The molecule has 0 fully saturated rings. The highest BCUT2D eigenvalue weighted by molar-refractivity contribution is 7.80. The molecule has 2 rings (SSSR count). The van der Waals surface area contributed by atoms with Crippen LogP contribution in [0.3, 0.4) is 0 Å². The van der Waals surface area contributed by atoms with Gasteiger partial charge in [0.2, 0.25) is 0 Å². The maximum Gasteiger partial charge on any atom is 0.298 e. The number of aromatic nitrogens is 1. The van der Waals surface area contributed by atoms with E-state index >= 15 is 0 Å². The third-order valence-corrected chi connectivity index (χ3v) is 2.77. The standard InChI is InChI=1S/C12H15N3OS/c1-2-15(8-7-11(13)17)12-14-9-5-3-4-6-10(9)16-12/h3-6H,2,7-8H2,1H3,(H2,13,17). The highest BCUT2D eigenvalue weighted by Gasteiger charge is 2.12. The maximum atomic E-state index is 5.68. The number of anilines is 1. The number of rotatable bonds is 5. The molecule has 0 spiro atoms. The molecular weight excluding hydrogens is 234 g/mol. The third kappa shape index (κ3) is 2.74. The summed E-state index contributed by atoms with van der Waals surface area (Å²) in [6.45, 7) is 3.60. The zero-order chi connectivity index (χ0) is 12.3. The van der Waals surface area contributed by atoms with Crippen molar-refractivity contribution in [1.82, 2.24) is 4.98 Å². The maximum absolute atomic E-state index is 5.68. The molecule has 0 radical (unpaired) electrons. The Hall–Kier alpha value is -1.62. The minimum atomic E-state index is 0.513. The average Bonchev–Trinajstić information content (AvgIpc) is 2.72. The van der Waals surface area contributed by atoms with E-state index in [2.05, 4.69) is 11.9 Å². The van der Waals surface area contributed by atoms with Crippen molar-refractivity contribution in [3.63, 3.8) is 0 Å². The van der Waals surface area contributed by atoms with Gasteiger partial charge in [-0.15, -0.1) is 0 Å². The fourth-order valence-corrected chi connectivity index (χ4v) is 1.72. The number of para-hydroxylation sites is 2. The van der Waals surface area contributed by atoms with Crippen molar-refractivity contribution in [2.75, 3.05) is 18.0 Å². The van der Waals surface area contributed by atoms with Crippen LogP contribution in [0.25, 0.3) is 11.1 Å². The Morgan fingerprint density at radius 3 is 2.88 bits per heavy atom. The second-order valence-corrected chi connectivity index (χ2v) is 4.28. The van der Waals surface area contributed by atoms with Crippen molar-refractivity contribution in [3.05, 3.63) is 24.3 Å². The van der Waals surface area contributed by atoms with Crippen LogP contribution in [0.1, 0.15) is 13.3 Å². The highest BCUT2D eigenvalue weighted by Crippen LogP contribution is 2.21. The predicted octanol–water partition coefficient (Wildman–Crippen LogP) is 2.33. The summed E-state index contributed by atoms with van der Waals surface area (Å²) in [7, 11) is 0. The van der Waals surface area contributed by atoms with Crippen LogP contribution >= 0.6 is 12.2 Å². The molecule has 0 saturated carbocycles. The number of nitrogens with zero attached hydrogens (tertiary/aromatic N) is 2. The SMILES string of the molecule is CCN(CCC(N)=S)c1nc2ccccc2o1. The molecule has 1 heterocycles. The van der Waals surface area contributed by atoms with E-state index in [1.165, 1.54) is 0 Å². The second-order valence-electron chi connectivity index (χ2n) is 3.76. The van der Waals surface area contributed by atoms with Crippen molar-refractivity contribution < 1.29 is 4.42 Å². The quantitative estimate of drug-likeness (QED) is 0.824. The van der Waals surface area contributed by atoms with Gasteiger partial charge >= 0.3 is 0 Å². The molecule has 1 aromatic heterocycles. The summed E-state index contributed by atoms with van der Waals surface area (Å²) in [4.78, 5) is 6.98. The van der Waals surface area contributed by atoms with Gasteiger partial charge in [0, 0.05) is 19.5 Å². The monoisotopic (exact) mass is 249 g/mol. The fourth-order valence-electron chi connectivity index (χ4n) is 1.63. The molecule has 0 bridgehead atoms. The zero-order valence-corrected chi connectivity index (χ0v) is 10.5. The predicted molar refractivity (Wildman–Crippen MR) is 73.3 cm³/mol. The molecular formula is C12H15N3OS. The van der Waals surface area contributed by atoms with E-state index in [1.54, 1.807) is 0 Å². The first kappa shape index (κ1) is 11.9. The van der Waals surface area contributed by atoms with Gasteiger partial charge in [0.25, 0.3) is 6.01 Å². The molecule has 0 unspecified atom stereocenters. The molecule has 4 nitrogen and oxygen atoms in total. The first-order chi connectivity index (χ1) is 8.20. The minimum absolute atomic E-state index is 0.513. The van der Waals surface area contributed by atoms with Gasteiger partial charge < -0.3 is 15.1 Å². The summed E-state index contributed by atoms with van der Waals surface area (Å²) in [5.41, 5.74) is 7.18. The van der Waals surface area contributed by atoms with Crippen molar-refractivity contribution >= 4 is 34.3 Å². The summed E-state index contributed by atoms with van der Waals surface area (Å²) in [6, 6.07) is 8.35. The molecule has 0 atom stereocenters. The van der Waals surface area contributed by atoms with Crippen molar-refractivity contribution in [2.45, 2.75) is 13.3 Å². The van der Waals surface area contributed by atoms with E-state index in [9.17, 15) is 0 Å². The van der Waals surface area contributed by atoms with Crippen LogP contribution < -0.4 is 10.6 Å². The number of hydrogen-bond acceptors (Lipinski definition) is 4. The van der Waals surface area contributed by atoms with Gasteiger partial charge in [-0.2, -0.15) is 4.98 Å². The van der Waals surface area contributed by atoms with Crippen LogP contribution in [-0.2, 0) is 0 Å². The molecule has 2 N–H and O–H groups in total. The second kappa shape index (κ2) is 5.14. The Morgan fingerprint density at radius 2 is 2.24 bits per heavy atom. The van der Waals surface area contributed by atoms with Crippen LogP contribution in [0, 0.1) is 0 Å². The summed E-state index contributed by atoms with van der Waals surface area (Å²) in [5, 5.41) is 0. The zero-order valence-electron chi connectivity index (χ0n) is 9.72. The van der Waals surface area contributed by atoms with Crippen molar-refractivity contribution in [1.29, 1.82) is 0 Å². The lowest BCUT2D eigenvalue weighted by Crippen LogP contribution is -2.27. The van der Waals surface area contributed by atoms with Crippen molar-refractivity contribution in [2.24, 2.45) is 5.73 Å². The van der Waals surface area contributed by atoms with E-state index in [1.807, 2.05) is 29.2 Å². The minimum Gasteiger partial charge on any atom is -0.423 e. The van der Waals surface area contributed by atoms with Gasteiger partial charge in [-0.1, -0.05) is 24.4 Å². The van der Waals surface area contributed by atoms with Gasteiger partial charge in [0.1, 0.15) is 5.52 Å². The molecule has 0 amide bonds. The normalized spacial score (nSPS) is 10.6. The van der Waals surface area contributed by atoms with Gasteiger partial charge in [0.05, 0.1) is 4.99 Å². The van der Waals surface area contributed by atoms with Gasteiger partial charge in [0.15, 0.2) is 5.58 Å². The number of hydrogen-bond donors (Lipinski definition) is 1. The molecule has 0 aliphatic heterocycles. The molecule has 90 valence electrons. The highest BCUT2D eigenvalue weighted by atomic mass is 32.1. The molecule has 17 heavy (non-hydrogen) atoms. The van der Waals surface area contributed by atoms with Crippen LogP contribution in [0.2, 0.25) is 0 Å². The number of thiocarbonyl (C=S) groups is 1. The van der Waals surface area contributed by atoms with E-state index in [0.29, 0.717) is 17.4 Å². The fraction of sp³-hybridized carbons (Fsp3) is 0.333. The lowest BCUT2D eigenvalue weighted by Gasteiger charge is -2.17. The average molecular weight is 249 g/mol. The number of nitrogens with two attached hydrogens (primary N) is 1. The Labute approximate surface area is 105 Å². The largest absolute Gasteiger partial charge is 0.423 e. The first-order valence-electron chi connectivity index (χ1n) is 5.59. The van der Waals surface area contributed by atoms with Gasteiger partial charge in [-0.25, -0.2) is 0 Å². The molecule has 5 heteroatoms. The number of benzene rings is 1. The van der Waals surface area contributed by atoms with Gasteiger partial charge in [-0.05, 0) is 19.1 Å². The summed E-state index contributed by atoms with van der Waals surface area (Å²) >= 11 is 4.88. The van der Waals surface area contributed by atoms with E-state index in [0.717, 1.165) is 24.2 Å². The Morgan fingerprint density at radius 1 is 1.47 bits per heavy atom. The third-order valence-electron chi connectivity index (χ3n) is 2.56. The lowest BCUT2D eigenvalue weighted by molar-refractivity contribution is 0.573. The lowest BCUT2D eigenvalue weighted by atomic mass is 10.3. The number of oxazole rings is 1. The van der Waals surface area contributed by atoms with Gasteiger partial charge in [-0.3, -0.25) is 0 Å². The smallest absolute Gasteiger partial charge is 0.298 e. The topological polar surface area (TPSA) is 55.3 Å². The Kier molecular flexibility index (Phi) is 3.58. The van der Waals surface area contributed by atoms with Crippen LogP contribution in [0.4, 0.5) is 6.01 Å². The summed E-state index contributed by atoms with van der Waals surface area (Å²) in [6.07, 6.45) is 0.669. The van der Waals surface area contributed by atoms with E-state index in [4.69, 9.17) is 22.4 Å². The van der Waals surface area contributed by atoms with E-state index < -0.39 is 0 Å². The summed E-state index contributed by atoms with van der Waals surface area (Å²) in [5.74, 6) is 0. The molecule has 1 aromatic carbocycles.